The molecular formula is C42H70O6Si. The van der Waals surface area contributed by atoms with E-state index in [9.17, 15) is 4.79 Å². The fourth-order valence-electron chi connectivity index (χ4n) is 6.48. The molecule has 0 fully saturated rings. The summed E-state index contributed by atoms with van der Waals surface area (Å²) in [6.45, 7) is 12.8. The monoisotopic (exact) mass is 698 g/mol. The molecule has 0 bridgehead atoms. The number of carbonyl (C=O) groups excluding carboxylic acids is 1. The highest BCUT2D eigenvalue weighted by atomic mass is 28.4. The van der Waals surface area contributed by atoms with E-state index in [-0.39, 0.29) is 11.0 Å². The first-order chi connectivity index (χ1) is 23.9. The van der Waals surface area contributed by atoms with Gasteiger partial charge in [0.15, 0.2) is 0 Å². The third-order valence-corrected chi connectivity index (χ3v) is 14.2. The molecule has 0 atom stereocenters. The summed E-state index contributed by atoms with van der Waals surface area (Å²) in [6, 6.07) is 21.3. The van der Waals surface area contributed by atoms with Crippen LogP contribution in [0, 0.1) is 0 Å². The molecule has 7 heteroatoms. The summed E-state index contributed by atoms with van der Waals surface area (Å²) in [5, 5.41) is 2.49. The standard InChI is InChI=1S/C42H70O6Si/c1-5-6-7-8-9-10-11-12-13-14-15-16-17-18-25-30-41(43)47-37-35-45-33-31-44-32-34-46-36-38-48-49(42(2,3)4,39-26-21-19-22-27-39)40-28-23-20-24-29-40/h19-24,26-29H,5-18,25,30-38H2,1-4H3. The third kappa shape index (κ3) is 18.7. The minimum Gasteiger partial charge on any atom is -0.463 e. The van der Waals surface area contributed by atoms with Gasteiger partial charge in [0.05, 0.1) is 46.2 Å². The highest BCUT2D eigenvalue weighted by Crippen LogP contribution is 2.36. The van der Waals surface area contributed by atoms with Gasteiger partial charge in [0.1, 0.15) is 6.61 Å². The summed E-state index contributed by atoms with van der Waals surface area (Å²) in [4.78, 5) is 12.0. The topological polar surface area (TPSA) is 63.2 Å². The van der Waals surface area contributed by atoms with Gasteiger partial charge < -0.3 is 23.4 Å². The molecule has 0 spiro atoms. The lowest BCUT2D eigenvalue weighted by Gasteiger charge is -2.43. The number of benzene rings is 2. The maximum Gasteiger partial charge on any atom is 0.305 e. The van der Waals surface area contributed by atoms with Gasteiger partial charge in [-0.25, -0.2) is 0 Å². The number of hydrogen-bond acceptors (Lipinski definition) is 6. The highest BCUT2D eigenvalue weighted by Gasteiger charge is 2.50. The number of unbranched alkanes of at least 4 members (excludes halogenated alkanes) is 14. The van der Waals surface area contributed by atoms with Gasteiger partial charge in [-0.3, -0.25) is 4.79 Å². The largest absolute Gasteiger partial charge is 0.463 e. The molecule has 2 aromatic rings. The van der Waals surface area contributed by atoms with Crippen molar-refractivity contribution in [3.8, 4) is 0 Å². The number of hydrogen-bond donors (Lipinski definition) is 0. The van der Waals surface area contributed by atoms with E-state index in [4.69, 9.17) is 23.4 Å². The van der Waals surface area contributed by atoms with E-state index in [1.165, 1.54) is 93.8 Å². The molecule has 0 saturated heterocycles. The molecular weight excluding hydrogens is 629 g/mol. The Morgan fingerprint density at radius 1 is 0.510 bits per heavy atom. The third-order valence-electron chi connectivity index (χ3n) is 9.18. The Hall–Kier alpha value is -2.03. The van der Waals surface area contributed by atoms with Crippen molar-refractivity contribution in [3.63, 3.8) is 0 Å². The van der Waals surface area contributed by atoms with Crippen molar-refractivity contribution >= 4 is 24.7 Å². The van der Waals surface area contributed by atoms with Gasteiger partial charge in [0.25, 0.3) is 8.32 Å². The Bertz CT molecular complexity index is 1000. The Labute approximate surface area is 301 Å². The molecule has 0 saturated carbocycles. The lowest BCUT2D eigenvalue weighted by atomic mass is 10.0. The van der Waals surface area contributed by atoms with E-state index in [2.05, 4.69) is 88.4 Å². The number of ether oxygens (including phenoxy) is 4. The van der Waals surface area contributed by atoms with Gasteiger partial charge in [-0.15, -0.1) is 0 Å². The average molecular weight is 699 g/mol. The van der Waals surface area contributed by atoms with Crippen molar-refractivity contribution in [2.45, 2.75) is 135 Å². The molecule has 0 aliphatic rings. The smallest absolute Gasteiger partial charge is 0.305 e. The van der Waals surface area contributed by atoms with Crippen molar-refractivity contribution in [2.24, 2.45) is 0 Å². The van der Waals surface area contributed by atoms with Crippen LogP contribution in [-0.2, 0) is 28.2 Å². The lowest BCUT2D eigenvalue weighted by molar-refractivity contribution is -0.145. The van der Waals surface area contributed by atoms with Gasteiger partial charge in [-0.05, 0) is 21.8 Å². The summed E-state index contributed by atoms with van der Waals surface area (Å²) < 4.78 is 29.2. The highest BCUT2D eigenvalue weighted by molar-refractivity contribution is 6.99. The first-order valence-electron chi connectivity index (χ1n) is 19.6. The molecule has 278 valence electrons. The van der Waals surface area contributed by atoms with Crippen LogP contribution in [0.25, 0.3) is 0 Å². The van der Waals surface area contributed by atoms with E-state index in [1.807, 2.05) is 0 Å². The van der Waals surface area contributed by atoms with Crippen molar-refractivity contribution in [1.82, 2.24) is 0 Å². The van der Waals surface area contributed by atoms with Gasteiger partial charge in [0.2, 0.25) is 0 Å². The van der Waals surface area contributed by atoms with E-state index in [0.29, 0.717) is 59.3 Å². The molecule has 2 aromatic carbocycles. The summed E-state index contributed by atoms with van der Waals surface area (Å²) in [5.41, 5.74) is 0. The fourth-order valence-corrected chi connectivity index (χ4v) is 11.0. The molecule has 2 rings (SSSR count). The first-order valence-corrected chi connectivity index (χ1v) is 21.5. The number of esters is 1. The fraction of sp³-hybridized carbons (Fsp3) is 0.690. The molecule has 6 nitrogen and oxygen atoms in total. The zero-order valence-corrected chi connectivity index (χ0v) is 32.7. The van der Waals surface area contributed by atoms with Gasteiger partial charge >= 0.3 is 5.97 Å². The predicted octanol–water partition coefficient (Wildman–Crippen LogP) is 9.42. The van der Waals surface area contributed by atoms with Crippen molar-refractivity contribution < 1.29 is 28.2 Å². The van der Waals surface area contributed by atoms with Crippen LogP contribution in [0.5, 0.6) is 0 Å². The number of carbonyl (C=O) groups is 1. The normalized spacial score (nSPS) is 12.0. The summed E-state index contributed by atoms with van der Waals surface area (Å²) in [7, 11) is -2.54. The molecule has 0 aromatic heterocycles. The molecule has 0 aliphatic heterocycles. The van der Waals surface area contributed by atoms with Crippen molar-refractivity contribution in [1.29, 1.82) is 0 Å². The van der Waals surface area contributed by atoms with E-state index in [1.54, 1.807) is 0 Å². The molecule has 0 aliphatic carbocycles. The lowest BCUT2D eigenvalue weighted by Crippen LogP contribution is -2.66. The van der Waals surface area contributed by atoms with Gasteiger partial charge in [0, 0.05) is 6.42 Å². The van der Waals surface area contributed by atoms with Crippen LogP contribution in [-0.4, -0.2) is 67.1 Å². The van der Waals surface area contributed by atoms with Gasteiger partial charge in [-0.2, -0.15) is 0 Å². The van der Waals surface area contributed by atoms with Gasteiger partial charge in [-0.1, -0.05) is 178 Å². The molecule has 0 amide bonds. The Kier molecular flexibility index (Phi) is 24.3. The van der Waals surface area contributed by atoms with E-state index >= 15 is 0 Å². The zero-order chi connectivity index (χ0) is 35.3. The molecule has 49 heavy (non-hydrogen) atoms. The molecule has 0 unspecified atom stereocenters. The summed E-state index contributed by atoms with van der Waals surface area (Å²) in [6.07, 6.45) is 20.3. The second kappa shape index (κ2) is 27.7. The molecule has 0 radical (unpaired) electrons. The van der Waals surface area contributed by atoms with Crippen molar-refractivity contribution in [3.05, 3.63) is 60.7 Å². The van der Waals surface area contributed by atoms with Crippen LogP contribution in [0.4, 0.5) is 0 Å². The maximum absolute atomic E-state index is 12.0. The Morgan fingerprint density at radius 3 is 1.29 bits per heavy atom. The van der Waals surface area contributed by atoms with Crippen LogP contribution in [0.2, 0.25) is 5.04 Å². The van der Waals surface area contributed by atoms with E-state index < -0.39 is 8.32 Å². The van der Waals surface area contributed by atoms with Crippen LogP contribution < -0.4 is 10.4 Å². The zero-order valence-electron chi connectivity index (χ0n) is 31.7. The second-order valence-electron chi connectivity index (χ2n) is 14.3. The SMILES string of the molecule is CCCCCCCCCCCCCCCCCC(=O)OCCOCCOCCOCCO[Si](c1ccccc1)(c1ccccc1)C(C)(C)C. The summed E-state index contributed by atoms with van der Waals surface area (Å²) in [5.74, 6) is -0.120. The van der Waals surface area contributed by atoms with Crippen LogP contribution in [0.15, 0.2) is 60.7 Å². The summed E-state index contributed by atoms with van der Waals surface area (Å²) >= 11 is 0. The van der Waals surface area contributed by atoms with Crippen LogP contribution in [0.3, 0.4) is 0 Å². The Morgan fingerprint density at radius 2 is 0.878 bits per heavy atom. The van der Waals surface area contributed by atoms with Crippen LogP contribution >= 0.6 is 0 Å². The van der Waals surface area contributed by atoms with Crippen LogP contribution in [0.1, 0.15) is 130 Å². The first kappa shape index (κ1) is 43.1. The molecule has 0 N–H and O–H groups in total. The average Bonchev–Trinajstić information content (AvgIpc) is 3.10. The Balaban J connectivity index is 1.40. The maximum atomic E-state index is 12.0. The minimum atomic E-state index is -2.54. The second-order valence-corrected chi connectivity index (χ2v) is 18.6. The minimum absolute atomic E-state index is 0.0529. The predicted molar refractivity (Wildman–Crippen MR) is 207 cm³/mol. The van der Waals surface area contributed by atoms with Crippen molar-refractivity contribution in [2.75, 3.05) is 52.9 Å². The molecule has 0 heterocycles. The quantitative estimate of drug-likeness (QED) is 0.0444. The number of rotatable bonds is 31. The van der Waals surface area contributed by atoms with E-state index in [0.717, 1.165) is 12.8 Å².